The van der Waals surface area contributed by atoms with Crippen molar-refractivity contribution in [2.24, 2.45) is 0 Å². The monoisotopic (exact) mass is 222 g/mol. The highest BCUT2D eigenvalue weighted by Crippen LogP contribution is 2.30. The van der Waals surface area contributed by atoms with Crippen molar-refractivity contribution in [1.29, 1.82) is 0 Å². The first-order valence-electron chi connectivity index (χ1n) is 4.38. The number of aliphatic hydroxyl groups is 6. The molecule has 0 aliphatic heterocycles. The van der Waals surface area contributed by atoms with Gasteiger partial charge in [0.2, 0.25) is 0 Å². The third-order valence-corrected chi connectivity index (χ3v) is 2.81. The van der Waals surface area contributed by atoms with E-state index in [-0.39, 0.29) is 0 Å². The standard InChI is InChI=1S/C8H14O7/c1-2(9)8(15)6(13)4(11)3(10)5(12)7(8)14/h3-7,10-15H,1H3/t3?,4-,5+,6+,7-,8?. The van der Waals surface area contributed by atoms with Gasteiger partial charge in [-0.05, 0) is 6.92 Å². The minimum Gasteiger partial charge on any atom is -0.387 e. The zero-order valence-corrected chi connectivity index (χ0v) is 7.98. The minimum atomic E-state index is -2.67. The summed E-state index contributed by atoms with van der Waals surface area (Å²) in [6, 6.07) is 0. The molecule has 0 spiro atoms. The van der Waals surface area contributed by atoms with Crippen LogP contribution in [0.1, 0.15) is 6.92 Å². The van der Waals surface area contributed by atoms with Crippen LogP contribution in [0.3, 0.4) is 0 Å². The summed E-state index contributed by atoms with van der Waals surface area (Å²) in [6.07, 6.45) is -9.74. The SMILES string of the molecule is CC(=O)C1(O)[C@H](O)[C@@H](O)C(O)[C@@H](O)[C@@H]1O. The van der Waals surface area contributed by atoms with Gasteiger partial charge in [-0.3, -0.25) is 4.79 Å². The Morgan fingerprint density at radius 2 is 1.27 bits per heavy atom. The van der Waals surface area contributed by atoms with Gasteiger partial charge < -0.3 is 30.6 Å². The van der Waals surface area contributed by atoms with E-state index in [1.54, 1.807) is 0 Å². The van der Waals surface area contributed by atoms with E-state index in [0.717, 1.165) is 6.92 Å². The van der Waals surface area contributed by atoms with Gasteiger partial charge in [0.05, 0.1) is 0 Å². The molecule has 1 aliphatic carbocycles. The third kappa shape index (κ3) is 1.57. The second-order valence-corrected chi connectivity index (χ2v) is 3.74. The quantitative estimate of drug-likeness (QED) is 0.267. The van der Waals surface area contributed by atoms with E-state index in [1.165, 1.54) is 0 Å². The molecule has 2 unspecified atom stereocenters. The fourth-order valence-corrected chi connectivity index (χ4v) is 1.69. The zero-order valence-electron chi connectivity index (χ0n) is 7.98. The van der Waals surface area contributed by atoms with E-state index < -0.39 is 41.9 Å². The Bertz CT molecular complexity index is 250. The molecule has 0 amide bonds. The van der Waals surface area contributed by atoms with E-state index in [9.17, 15) is 30.3 Å². The van der Waals surface area contributed by atoms with Crippen LogP contribution in [0.15, 0.2) is 0 Å². The number of ketones is 1. The second kappa shape index (κ2) is 3.78. The number of Topliss-reactive ketones (excluding diaryl/α,β-unsaturated/α-hetero) is 1. The van der Waals surface area contributed by atoms with Crippen LogP contribution in [0.5, 0.6) is 0 Å². The molecule has 0 radical (unpaired) electrons. The molecule has 1 rings (SSSR count). The lowest BCUT2D eigenvalue weighted by molar-refractivity contribution is -0.258. The molecular weight excluding hydrogens is 208 g/mol. The van der Waals surface area contributed by atoms with E-state index in [4.69, 9.17) is 5.11 Å². The van der Waals surface area contributed by atoms with Gasteiger partial charge >= 0.3 is 0 Å². The van der Waals surface area contributed by atoms with Gasteiger partial charge in [0, 0.05) is 0 Å². The molecule has 0 saturated heterocycles. The Hall–Kier alpha value is -0.570. The Morgan fingerprint density at radius 1 is 0.933 bits per heavy atom. The van der Waals surface area contributed by atoms with E-state index >= 15 is 0 Å². The lowest BCUT2D eigenvalue weighted by Gasteiger charge is -2.46. The van der Waals surface area contributed by atoms with Gasteiger partial charge in [-0.25, -0.2) is 0 Å². The molecule has 1 saturated carbocycles. The summed E-state index contributed by atoms with van der Waals surface area (Å²) in [5.74, 6) is -1.01. The van der Waals surface area contributed by atoms with E-state index in [0.29, 0.717) is 0 Å². The summed E-state index contributed by atoms with van der Waals surface area (Å²) in [4.78, 5) is 11.1. The predicted molar refractivity (Wildman–Crippen MR) is 45.7 cm³/mol. The maximum Gasteiger partial charge on any atom is 0.179 e. The molecule has 15 heavy (non-hydrogen) atoms. The smallest absolute Gasteiger partial charge is 0.179 e. The van der Waals surface area contributed by atoms with Gasteiger partial charge in [-0.1, -0.05) is 0 Å². The van der Waals surface area contributed by atoms with Crippen LogP contribution >= 0.6 is 0 Å². The Kier molecular flexibility index (Phi) is 3.15. The van der Waals surface area contributed by atoms with Gasteiger partial charge in [-0.2, -0.15) is 0 Å². The topological polar surface area (TPSA) is 138 Å². The fourth-order valence-electron chi connectivity index (χ4n) is 1.69. The number of hydrogen-bond acceptors (Lipinski definition) is 7. The molecule has 0 aromatic heterocycles. The van der Waals surface area contributed by atoms with Crippen LogP contribution in [-0.4, -0.2) is 72.5 Å². The molecule has 1 fully saturated rings. The molecule has 7 heteroatoms. The Balaban J connectivity index is 3.12. The fraction of sp³-hybridized carbons (Fsp3) is 0.875. The third-order valence-electron chi connectivity index (χ3n) is 2.81. The van der Waals surface area contributed by atoms with Crippen molar-refractivity contribution in [1.82, 2.24) is 0 Å². The summed E-state index contributed by atoms with van der Waals surface area (Å²) in [6.45, 7) is 0.892. The summed E-state index contributed by atoms with van der Waals surface area (Å²) >= 11 is 0. The van der Waals surface area contributed by atoms with E-state index in [1.807, 2.05) is 0 Å². The number of carbonyl (C=O) groups excluding carboxylic acids is 1. The summed E-state index contributed by atoms with van der Waals surface area (Å²) < 4.78 is 0. The molecule has 1 aliphatic rings. The predicted octanol–water partition coefficient (Wildman–Crippen LogP) is -3.88. The first kappa shape index (κ1) is 12.5. The maximum absolute atomic E-state index is 11.1. The summed E-state index contributed by atoms with van der Waals surface area (Å²) in [5, 5.41) is 56.0. The molecule has 0 heterocycles. The van der Waals surface area contributed by atoms with Crippen LogP contribution in [-0.2, 0) is 4.79 Å². The zero-order chi connectivity index (χ0) is 12.0. The average Bonchev–Trinajstić information content (AvgIpc) is 2.20. The van der Waals surface area contributed by atoms with Crippen molar-refractivity contribution in [2.45, 2.75) is 43.0 Å². The van der Waals surface area contributed by atoms with Crippen molar-refractivity contribution in [3.63, 3.8) is 0 Å². The van der Waals surface area contributed by atoms with Crippen LogP contribution in [0.4, 0.5) is 0 Å². The lowest BCUT2D eigenvalue weighted by Crippen LogP contribution is -2.73. The molecule has 0 bridgehead atoms. The molecule has 88 valence electrons. The second-order valence-electron chi connectivity index (χ2n) is 3.74. The van der Waals surface area contributed by atoms with Crippen molar-refractivity contribution >= 4 is 5.78 Å². The highest BCUT2D eigenvalue weighted by atomic mass is 16.4. The highest BCUT2D eigenvalue weighted by Gasteiger charge is 2.60. The molecule has 7 nitrogen and oxygen atoms in total. The Labute approximate surface area is 85.2 Å². The molecule has 6 N–H and O–H groups in total. The van der Waals surface area contributed by atoms with Crippen LogP contribution in [0, 0.1) is 0 Å². The van der Waals surface area contributed by atoms with E-state index in [2.05, 4.69) is 0 Å². The van der Waals surface area contributed by atoms with Crippen molar-refractivity contribution in [2.75, 3.05) is 0 Å². The summed E-state index contributed by atoms with van der Waals surface area (Å²) in [5.41, 5.74) is -2.67. The minimum absolute atomic E-state index is 0.892. The highest BCUT2D eigenvalue weighted by molar-refractivity contribution is 5.86. The molecule has 0 aromatic carbocycles. The van der Waals surface area contributed by atoms with Crippen LogP contribution in [0.25, 0.3) is 0 Å². The lowest BCUT2D eigenvalue weighted by atomic mass is 9.73. The van der Waals surface area contributed by atoms with Crippen LogP contribution in [0.2, 0.25) is 0 Å². The van der Waals surface area contributed by atoms with Crippen molar-refractivity contribution in [3.05, 3.63) is 0 Å². The number of hydrogen-bond donors (Lipinski definition) is 6. The van der Waals surface area contributed by atoms with Gasteiger partial charge in [-0.15, -0.1) is 0 Å². The molecule has 0 aromatic rings. The normalized spacial score (nSPS) is 51.5. The van der Waals surface area contributed by atoms with Crippen molar-refractivity contribution < 1.29 is 35.4 Å². The van der Waals surface area contributed by atoms with Crippen LogP contribution < -0.4 is 0 Å². The van der Waals surface area contributed by atoms with Crippen molar-refractivity contribution in [3.8, 4) is 0 Å². The van der Waals surface area contributed by atoms with Gasteiger partial charge in [0.15, 0.2) is 11.4 Å². The molecular formula is C8H14O7. The maximum atomic E-state index is 11.1. The van der Waals surface area contributed by atoms with Gasteiger partial charge in [0.1, 0.15) is 30.5 Å². The molecule has 6 atom stereocenters. The number of carbonyl (C=O) groups is 1. The van der Waals surface area contributed by atoms with Gasteiger partial charge in [0.25, 0.3) is 0 Å². The average molecular weight is 222 g/mol. The first-order valence-corrected chi connectivity index (χ1v) is 4.38. The Morgan fingerprint density at radius 3 is 1.53 bits per heavy atom. The number of rotatable bonds is 1. The summed E-state index contributed by atoms with van der Waals surface area (Å²) in [7, 11) is 0. The first-order chi connectivity index (χ1) is 6.74. The largest absolute Gasteiger partial charge is 0.387 e. The number of aliphatic hydroxyl groups excluding tert-OH is 5.